The Kier molecular flexibility index (Phi) is 4.59. The highest BCUT2D eigenvalue weighted by Crippen LogP contribution is 2.26. The highest BCUT2D eigenvalue weighted by Gasteiger charge is 2.30. The van der Waals surface area contributed by atoms with Crippen molar-refractivity contribution in [3.05, 3.63) is 69.0 Å². The third-order valence-corrected chi connectivity index (χ3v) is 4.02. The number of carbonyl (C=O) groups is 3. The first kappa shape index (κ1) is 18.1. The summed E-state index contributed by atoms with van der Waals surface area (Å²) in [5.41, 5.74) is 1.02. The molecule has 0 amide bonds. The van der Waals surface area contributed by atoms with Gasteiger partial charge in [-0.3, -0.25) is 19.7 Å². The average Bonchev–Trinajstić information content (AvgIpc) is 2.95. The zero-order chi connectivity index (χ0) is 19.7. The molecular formula is C18H14N2O7. The molecule has 3 rings (SSSR count). The molecule has 1 aliphatic carbocycles. The van der Waals surface area contributed by atoms with Crippen LogP contribution in [0, 0.1) is 10.1 Å². The van der Waals surface area contributed by atoms with E-state index in [0.29, 0.717) is 11.1 Å². The lowest BCUT2D eigenvalue weighted by Crippen LogP contribution is -2.18. The van der Waals surface area contributed by atoms with E-state index in [2.05, 4.69) is 0 Å². The van der Waals surface area contributed by atoms with Crippen molar-refractivity contribution < 1.29 is 28.8 Å². The fourth-order valence-electron chi connectivity index (χ4n) is 2.78. The average molecular weight is 370 g/mol. The zero-order valence-corrected chi connectivity index (χ0v) is 14.4. The number of nitro benzene ring substituents is 1. The molecular weight excluding hydrogens is 356 g/mol. The summed E-state index contributed by atoms with van der Waals surface area (Å²) in [5.74, 6) is -0.512. The maximum atomic E-state index is 12.4. The molecule has 9 nitrogen and oxygen atoms in total. The van der Waals surface area contributed by atoms with Gasteiger partial charge in [0.15, 0.2) is 5.78 Å². The van der Waals surface area contributed by atoms with E-state index in [4.69, 9.17) is 9.47 Å². The Morgan fingerprint density at radius 3 is 2.52 bits per heavy atom. The van der Waals surface area contributed by atoms with Gasteiger partial charge in [-0.05, 0) is 25.1 Å². The highest BCUT2D eigenvalue weighted by atomic mass is 16.7. The van der Waals surface area contributed by atoms with E-state index in [1.807, 2.05) is 0 Å². The highest BCUT2D eigenvalue weighted by molar-refractivity contribution is 6.24. The van der Waals surface area contributed by atoms with Gasteiger partial charge >= 0.3 is 6.16 Å². The quantitative estimate of drug-likeness (QED) is 0.351. The Bertz CT molecular complexity index is 999. The molecule has 0 N–H and O–H groups in total. The molecule has 1 heterocycles. The number of Topliss-reactive ketones (excluding diaryl/α,β-unsaturated/α-hetero) is 1. The van der Waals surface area contributed by atoms with Crippen molar-refractivity contribution in [2.45, 2.75) is 13.5 Å². The summed E-state index contributed by atoms with van der Waals surface area (Å²) in [6, 6.07) is 4.91. The molecule has 1 aliphatic rings. The van der Waals surface area contributed by atoms with Gasteiger partial charge in [0.2, 0.25) is 5.78 Å². The van der Waals surface area contributed by atoms with Crippen LogP contribution in [-0.2, 0) is 18.4 Å². The van der Waals surface area contributed by atoms with E-state index in [-0.39, 0.29) is 40.9 Å². The number of nitro groups is 1. The largest absolute Gasteiger partial charge is 0.514 e. The molecule has 0 bridgehead atoms. The van der Waals surface area contributed by atoms with E-state index in [1.54, 1.807) is 20.2 Å². The second-order valence-electron chi connectivity index (χ2n) is 5.90. The maximum Gasteiger partial charge on any atom is 0.514 e. The lowest BCUT2D eigenvalue weighted by atomic mass is 9.93. The van der Waals surface area contributed by atoms with Crippen molar-refractivity contribution in [2.75, 3.05) is 0 Å². The molecule has 0 fully saturated rings. The van der Waals surface area contributed by atoms with Gasteiger partial charge < -0.3 is 14.0 Å². The Morgan fingerprint density at radius 1 is 1.22 bits per heavy atom. The number of ether oxygens (including phenoxy) is 2. The topological polar surface area (TPSA) is 118 Å². The molecule has 0 spiro atoms. The van der Waals surface area contributed by atoms with Crippen molar-refractivity contribution in [3.63, 3.8) is 0 Å². The standard InChI is InChI=1S/C18H14N2O7/c1-10-7-14(21)16-15(17(10)22)11(8-19(16)2)9-26-18(23)27-13-5-3-12(4-6-13)20(24)25/h3-8H,9H2,1-2H3. The van der Waals surface area contributed by atoms with Crippen LogP contribution < -0.4 is 4.74 Å². The smallest absolute Gasteiger partial charge is 0.429 e. The first-order valence-electron chi connectivity index (χ1n) is 7.82. The van der Waals surface area contributed by atoms with Gasteiger partial charge in [0.1, 0.15) is 18.1 Å². The Morgan fingerprint density at radius 2 is 1.89 bits per heavy atom. The van der Waals surface area contributed by atoms with Gasteiger partial charge in [0.25, 0.3) is 5.69 Å². The third-order valence-electron chi connectivity index (χ3n) is 4.02. The number of benzene rings is 1. The summed E-state index contributed by atoms with van der Waals surface area (Å²) < 4.78 is 11.5. The molecule has 2 aromatic rings. The molecule has 0 unspecified atom stereocenters. The van der Waals surface area contributed by atoms with Gasteiger partial charge in [-0.2, -0.15) is 0 Å². The molecule has 0 radical (unpaired) electrons. The molecule has 0 saturated heterocycles. The van der Waals surface area contributed by atoms with Crippen LogP contribution in [0.5, 0.6) is 5.75 Å². The first-order valence-corrected chi connectivity index (χ1v) is 7.82. The molecule has 0 saturated carbocycles. The number of nitrogens with zero attached hydrogens (tertiary/aromatic N) is 2. The lowest BCUT2D eigenvalue weighted by molar-refractivity contribution is -0.384. The monoisotopic (exact) mass is 370 g/mol. The van der Waals surface area contributed by atoms with Crippen LogP contribution in [0.2, 0.25) is 0 Å². The van der Waals surface area contributed by atoms with E-state index < -0.39 is 11.1 Å². The summed E-state index contributed by atoms with van der Waals surface area (Å²) in [7, 11) is 1.62. The van der Waals surface area contributed by atoms with Crippen LogP contribution in [0.1, 0.15) is 33.3 Å². The van der Waals surface area contributed by atoms with E-state index in [0.717, 1.165) is 0 Å². The second kappa shape index (κ2) is 6.87. The van der Waals surface area contributed by atoms with Crippen molar-refractivity contribution in [1.82, 2.24) is 4.57 Å². The Balaban J connectivity index is 1.70. The SMILES string of the molecule is CC1=CC(=O)c2c(c(COC(=O)Oc3ccc([N+](=O)[O-])cc3)cn2C)C1=O. The zero-order valence-electron chi connectivity index (χ0n) is 14.4. The number of hydrogen-bond donors (Lipinski definition) is 0. The minimum atomic E-state index is -1.04. The maximum absolute atomic E-state index is 12.4. The number of hydrogen-bond acceptors (Lipinski definition) is 7. The van der Waals surface area contributed by atoms with Crippen molar-refractivity contribution in [3.8, 4) is 5.75 Å². The fraction of sp³-hybridized carbons (Fsp3) is 0.167. The Labute approximate surface area is 152 Å². The van der Waals surface area contributed by atoms with E-state index >= 15 is 0 Å². The molecule has 1 aromatic heterocycles. The van der Waals surface area contributed by atoms with Crippen LogP contribution in [0.3, 0.4) is 0 Å². The normalized spacial score (nSPS) is 13.0. The molecule has 0 aliphatic heterocycles. The fourth-order valence-corrected chi connectivity index (χ4v) is 2.78. The van der Waals surface area contributed by atoms with Crippen LogP contribution in [0.15, 0.2) is 42.1 Å². The van der Waals surface area contributed by atoms with Gasteiger partial charge in [0.05, 0.1) is 10.5 Å². The molecule has 9 heteroatoms. The van der Waals surface area contributed by atoms with Crippen LogP contribution in [0.25, 0.3) is 0 Å². The molecule has 27 heavy (non-hydrogen) atoms. The van der Waals surface area contributed by atoms with Gasteiger partial charge in [-0.1, -0.05) is 0 Å². The van der Waals surface area contributed by atoms with Gasteiger partial charge in [0, 0.05) is 36.5 Å². The van der Waals surface area contributed by atoms with E-state index in [1.165, 1.54) is 34.9 Å². The molecule has 1 aromatic carbocycles. The number of carbonyl (C=O) groups excluding carboxylic acids is 3. The summed E-state index contributed by atoms with van der Waals surface area (Å²) in [4.78, 5) is 46.3. The predicted molar refractivity (Wildman–Crippen MR) is 91.7 cm³/mol. The molecule has 0 atom stereocenters. The van der Waals surface area contributed by atoms with Gasteiger partial charge in [-0.25, -0.2) is 4.79 Å². The third kappa shape index (κ3) is 3.47. The minimum Gasteiger partial charge on any atom is -0.429 e. The van der Waals surface area contributed by atoms with Crippen LogP contribution >= 0.6 is 0 Å². The van der Waals surface area contributed by atoms with Crippen molar-refractivity contribution >= 4 is 23.4 Å². The van der Waals surface area contributed by atoms with Crippen molar-refractivity contribution in [2.24, 2.45) is 7.05 Å². The number of ketones is 2. The predicted octanol–water partition coefficient (Wildman–Crippen LogP) is 2.97. The summed E-state index contributed by atoms with van der Waals surface area (Å²) >= 11 is 0. The van der Waals surface area contributed by atoms with Crippen LogP contribution in [0.4, 0.5) is 10.5 Å². The van der Waals surface area contributed by atoms with Crippen molar-refractivity contribution in [1.29, 1.82) is 0 Å². The van der Waals surface area contributed by atoms with Crippen LogP contribution in [-0.4, -0.2) is 27.2 Å². The molecule has 138 valence electrons. The summed E-state index contributed by atoms with van der Waals surface area (Å²) in [6.07, 6.45) is 1.79. The second-order valence-corrected chi connectivity index (χ2v) is 5.90. The first-order chi connectivity index (χ1) is 12.8. The lowest BCUT2D eigenvalue weighted by Gasteiger charge is -2.11. The number of allylic oxidation sites excluding steroid dienone is 2. The summed E-state index contributed by atoms with van der Waals surface area (Å²) in [5, 5.41) is 10.6. The minimum absolute atomic E-state index is 0.0747. The van der Waals surface area contributed by atoms with Gasteiger partial charge in [-0.15, -0.1) is 0 Å². The van der Waals surface area contributed by atoms with E-state index in [9.17, 15) is 24.5 Å². The number of non-ortho nitro benzene ring substituents is 1. The summed E-state index contributed by atoms with van der Waals surface area (Å²) in [6.45, 7) is 1.28. The number of aromatic nitrogens is 1. The Hall–Kier alpha value is -3.75. The number of fused-ring (bicyclic) bond motifs is 1. The number of rotatable bonds is 4. The number of aryl methyl sites for hydroxylation is 1.